The third-order valence-electron chi connectivity index (χ3n) is 3.49. The zero-order valence-corrected chi connectivity index (χ0v) is 11.5. The number of hydrogen-bond donors (Lipinski definition) is 1. The van der Waals surface area contributed by atoms with E-state index in [1.165, 1.54) is 31.5 Å². The number of ether oxygens (including phenoxy) is 1. The van der Waals surface area contributed by atoms with Crippen LogP contribution in [0.3, 0.4) is 0 Å². The molecule has 108 valence electrons. The number of nitrogens with one attached hydrogen (secondary N) is 1. The van der Waals surface area contributed by atoms with Crippen LogP contribution in [0.2, 0.25) is 0 Å². The zero-order valence-electron chi connectivity index (χ0n) is 11.5. The summed E-state index contributed by atoms with van der Waals surface area (Å²) >= 11 is 0. The van der Waals surface area contributed by atoms with Gasteiger partial charge in [0.25, 0.3) is 0 Å². The van der Waals surface area contributed by atoms with E-state index in [9.17, 15) is 9.59 Å². The molecule has 1 aromatic rings. The summed E-state index contributed by atoms with van der Waals surface area (Å²) in [5, 5.41) is 2.78. The predicted octanol–water partition coefficient (Wildman–Crippen LogP) is 3.06. The Hall–Kier alpha value is -1.91. The Balaban J connectivity index is 1.81. The first kappa shape index (κ1) is 14.5. The number of esters is 1. The first-order valence-corrected chi connectivity index (χ1v) is 7.19. The van der Waals surface area contributed by atoms with Gasteiger partial charge in [0, 0.05) is 12.2 Å². The van der Waals surface area contributed by atoms with Gasteiger partial charge in [0.2, 0.25) is 0 Å². The average molecular weight is 276 g/mol. The number of pyridine rings is 1. The van der Waals surface area contributed by atoms with Gasteiger partial charge < -0.3 is 10.1 Å². The van der Waals surface area contributed by atoms with Crippen LogP contribution >= 0.6 is 0 Å². The van der Waals surface area contributed by atoms with E-state index >= 15 is 0 Å². The summed E-state index contributed by atoms with van der Waals surface area (Å²) in [7, 11) is 0. The Morgan fingerprint density at radius 2 is 1.80 bits per heavy atom. The van der Waals surface area contributed by atoms with Crippen LogP contribution in [0.5, 0.6) is 0 Å². The highest BCUT2D eigenvalue weighted by molar-refractivity contribution is 5.94. The van der Waals surface area contributed by atoms with Gasteiger partial charge in [0.05, 0.1) is 0 Å². The van der Waals surface area contributed by atoms with Crippen LogP contribution in [0.25, 0.3) is 0 Å². The minimum atomic E-state index is -0.714. The third kappa shape index (κ3) is 4.64. The summed E-state index contributed by atoms with van der Waals surface area (Å²) in [5.41, 5.74) is 0.139. The molecule has 0 unspecified atom stereocenters. The molecule has 1 aliphatic rings. The van der Waals surface area contributed by atoms with E-state index in [0.29, 0.717) is 0 Å². The van der Waals surface area contributed by atoms with Gasteiger partial charge >= 0.3 is 12.1 Å². The van der Waals surface area contributed by atoms with E-state index in [2.05, 4.69) is 10.3 Å². The summed E-state index contributed by atoms with van der Waals surface area (Å²) in [6.45, 7) is 0. The van der Waals surface area contributed by atoms with Crippen LogP contribution in [-0.2, 0) is 4.74 Å². The molecule has 1 aromatic heterocycles. The Morgan fingerprint density at radius 1 is 1.10 bits per heavy atom. The van der Waals surface area contributed by atoms with Crippen molar-refractivity contribution in [2.45, 2.75) is 51.0 Å². The molecule has 1 heterocycles. The lowest BCUT2D eigenvalue weighted by Gasteiger charge is -2.20. The molecule has 5 nitrogen and oxygen atoms in total. The monoisotopic (exact) mass is 276 g/mol. The van der Waals surface area contributed by atoms with E-state index in [4.69, 9.17) is 4.74 Å². The summed E-state index contributed by atoms with van der Waals surface area (Å²) < 4.78 is 4.76. The lowest BCUT2D eigenvalue weighted by Crippen LogP contribution is -2.36. The molecule has 1 N–H and O–H groups in total. The van der Waals surface area contributed by atoms with Gasteiger partial charge in [-0.25, -0.2) is 14.6 Å². The maximum atomic E-state index is 11.7. The molecule has 1 amide bonds. The van der Waals surface area contributed by atoms with E-state index in [1.807, 2.05) is 0 Å². The van der Waals surface area contributed by atoms with Crippen molar-refractivity contribution in [3.63, 3.8) is 0 Å². The molecular formula is C15H20N2O3. The smallest absolute Gasteiger partial charge is 0.371 e. The molecule has 0 aromatic carbocycles. The van der Waals surface area contributed by atoms with E-state index in [1.54, 1.807) is 12.1 Å². The highest BCUT2D eigenvalue weighted by Crippen LogP contribution is 2.17. The van der Waals surface area contributed by atoms with Crippen molar-refractivity contribution in [1.29, 1.82) is 0 Å². The molecule has 20 heavy (non-hydrogen) atoms. The summed E-state index contributed by atoms with van der Waals surface area (Å²) in [4.78, 5) is 27.2. The minimum Gasteiger partial charge on any atom is -0.371 e. The van der Waals surface area contributed by atoms with Crippen molar-refractivity contribution in [3.8, 4) is 0 Å². The second kappa shape index (κ2) is 7.62. The standard InChI is InChI=1S/C15H20N2O3/c18-14(13-10-6-7-11-16-13)20-15(19)17-12-8-4-2-1-3-5-9-12/h6-7,10-12H,1-5,8-9H2,(H,17,19). The number of nitrogens with zero attached hydrogens (tertiary/aromatic N) is 1. The number of alkyl carbamates (subject to hydrolysis) is 1. The Labute approximate surface area is 118 Å². The average Bonchev–Trinajstić information content (AvgIpc) is 2.42. The number of hydrogen-bond acceptors (Lipinski definition) is 4. The largest absolute Gasteiger partial charge is 0.415 e. The topological polar surface area (TPSA) is 68.3 Å². The van der Waals surface area contributed by atoms with Crippen molar-refractivity contribution in [3.05, 3.63) is 30.1 Å². The molecule has 0 bridgehead atoms. The molecule has 0 atom stereocenters. The molecule has 1 aliphatic carbocycles. The lowest BCUT2D eigenvalue weighted by atomic mass is 9.97. The van der Waals surface area contributed by atoms with E-state index in [-0.39, 0.29) is 11.7 Å². The number of carbonyl (C=O) groups is 2. The molecule has 1 saturated carbocycles. The molecule has 0 radical (unpaired) electrons. The second-order valence-electron chi connectivity index (χ2n) is 5.08. The van der Waals surface area contributed by atoms with Gasteiger partial charge in [-0.05, 0) is 25.0 Å². The molecule has 0 saturated heterocycles. The maximum Gasteiger partial charge on any atom is 0.415 e. The fourth-order valence-electron chi connectivity index (χ4n) is 2.42. The highest BCUT2D eigenvalue weighted by Gasteiger charge is 2.18. The first-order chi connectivity index (χ1) is 9.75. The van der Waals surface area contributed by atoms with E-state index < -0.39 is 12.1 Å². The van der Waals surface area contributed by atoms with E-state index in [0.717, 1.165) is 25.7 Å². The van der Waals surface area contributed by atoms with Gasteiger partial charge in [-0.1, -0.05) is 38.2 Å². The number of carbonyl (C=O) groups excluding carboxylic acids is 2. The Kier molecular flexibility index (Phi) is 5.53. The number of aromatic nitrogens is 1. The molecular weight excluding hydrogens is 256 g/mol. The molecule has 1 fully saturated rings. The summed E-state index contributed by atoms with van der Waals surface area (Å²) in [5.74, 6) is -0.714. The number of rotatable bonds is 2. The zero-order chi connectivity index (χ0) is 14.2. The molecule has 5 heteroatoms. The van der Waals surface area contributed by atoms with Crippen molar-refractivity contribution in [2.24, 2.45) is 0 Å². The SMILES string of the molecule is O=C(NC1CCCCCCC1)OC(=O)c1ccccn1. The fourth-order valence-corrected chi connectivity index (χ4v) is 2.42. The third-order valence-corrected chi connectivity index (χ3v) is 3.49. The second-order valence-corrected chi connectivity index (χ2v) is 5.08. The van der Waals surface area contributed by atoms with Gasteiger partial charge in [-0.3, -0.25) is 0 Å². The highest BCUT2D eigenvalue weighted by atomic mass is 16.6. The van der Waals surface area contributed by atoms with Crippen LogP contribution in [0.4, 0.5) is 4.79 Å². The van der Waals surface area contributed by atoms with Crippen molar-refractivity contribution in [2.75, 3.05) is 0 Å². The van der Waals surface area contributed by atoms with Crippen molar-refractivity contribution >= 4 is 12.1 Å². The van der Waals surface area contributed by atoms with Crippen molar-refractivity contribution in [1.82, 2.24) is 10.3 Å². The summed E-state index contributed by atoms with van der Waals surface area (Å²) in [6.07, 6.45) is 8.63. The van der Waals surface area contributed by atoms with Crippen LogP contribution in [-0.4, -0.2) is 23.1 Å². The Bertz CT molecular complexity index is 440. The first-order valence-electron chi connectivity index (χ1n) is 7.19. The molecule has 0 aliphatic heterocycles. The molecule has 0 spiro atoms. The quantitative estimate of drug-likeness (QED) is 0.666. The lowest BCUT2D eigenvalue weighted by molar-refractivity contribution is 0.0609. The normalized spacial score (nSPS) is 16.8. The van der Waals surface area contributed by atoms with Crippen LogP contribution in [0.15, 0.2) is 24.4 Å². The number of amides is 1. The van der Waals surface area contributed by atoms with Gasteiger partial charge in [0.1, 0.15) is 5.69 Å². The van der Waals surface area contributed by atoms with Crippen LogP contribution in [0, 0.1) is 0 Å². The van der Waals surface area contributed by atoms with Crippen LogP contribution < -0.4 is 5.32 Å². The predicted molar refractivity (Wildman–Crippen MR) is 74.3 cm³/mol. The maximum absolute atomic E-state index is 11.7. The fraction of sp³-hybridized carbons (Fsp3) is 0.533. The summed E-state index contributed by atoms with van der Waals surface area (Å²) in [6, 6.07) is 5.01. The van der Waals surface area contributed by atoms with Crippen LogP contribution in [0.1, 0.15) is 55.4 Å². The van der Waals surface area contributed by atoms with Crippen molar-refractivity contribution < 1.29 is 14.3 Å². The van der Waals surface area contributed by atoms with Gasteiger partial charge in [-0.15, -0.1) is 0 Å². The Morgan fingerprint density at radius 3 is 2.45 bits per heavy atom. The molecule has 2 rings (SSSR count). The van der Waals surface area contributed by atoms with Gasteiger partial charge in [0.15, 0.2) is 0 Å². The van der Waals surface area contributed by atoms with Gasteiger partial charge in [-0.2, -0.15) is 0 Å². The minimum absolute atomic E-state index is 0.110.